The van der Waals surface area contributed by atoms with Crippen LogP contribution in [0.3, 0.4) is 0 Å². The Kier molecular flexibility index (Phi) is 1.76. The van der Waals surface area contributed by atoms with Crippen molar-refractivity contribution < 1.29 is 0 Å². The van der Waals surface area contributed by atoms with Crippen LogP contribution in [0, 0.1) is 4.77 Å². The summed E-state index contributed by atoms with van der Waals surface area (Å²) in [6.07, 6.45) is 5.05. The fourth-order valence-electron chi connectivity index (χ4n) is 2.13. The topological polar surface area (TPSA) is 50.2 Å². The highest BCUT2D eigenvalue weighted by Crippen LogP contribution is 2.21. The second kappa shape index (κ2) is 3.00. The van der Waals surface area contributed by atoms with Gasteiger partial charge in [-0.15, -0.1) is 0 Å². The van der Waals surface area contributed by atoms with E-state index in [4.69, 9.17) is 12.2 Å². The number of hydrogen-bond donors (Lipinski definition) is 1. The minimum atomic E-state index is -0.189. The Morgan fingerprint density at radius 2 is 2.33 bits per heavy atom. The highest BCUT2D eigenvalue weighted by atomic mass is 32.1. The summed E-state index contributed by atoms with van der Waals surface area (Å²) in [6.45, 7) is 0. The Balaban J connectivity index is 2.56. The van der Waals surface area contributed by atoms with Gasteiger partial charge < -0.3 is 0 Å². The number of nitrogens with zero attached hydrogens (tertiary/aromatic N) is 2. The van der Waals surface area contributed by atoms with Gasteiger partial charge in [-0.1, -0.05) is 0 Å². The fourth-order valence-corrected chi connectivity index (χ4v) is 2.43. The molecule has 1 N–H and O–H groups in total. The quantitative estimate of drug-likeness (QED) is 0.678. The molecule has 15 heavy (non-hydrogen) atoms. The summed E-state index contributed by atoms with van der Waals surface area (Å²) in [5.41, 5.74) is 2.89. The number of aromatic nitrogens is 3. The van der Waals surface area contributed by atoms with E-state index in [0.717, 1.165) is 19.3 Å². The van der Waals surface area contributed by atoms with E-state index in [0.29, 0.717) is 10.4 Å². The van der Waals surface area contributed by atoms with E-state index >= 15 is 0 Å². The van der Waals surface area contributed by atoms with Crippen LogP contribution in [-0.2, 0) is 12.8 Å². The van der Waals surface area contributed by atoms with Crippen molar-refractivity contribution >= 4 is 17.9 Å². The number of aromatic amines is 1. The summed E-state index contributed by atoms with van der Waals surface area (Å²) in [7, 11) is 0. The maximum Gasteiger partial charge on any atom is 0.253 e. The Hall–Kier alpha value is -1.49. The predicted octanol–water partition coefficient (Wildman–Crippen LogP) is 1.24. The normalized spacial score (nSPS) is 14.4. The maximum atomic E-state index is 11.2. The Morgan fingerprint density at radius 3 is 3.20 bits per heavy atom. The van der Waals surface area contributed by atoms with Gasteiger partial charge in [-0.25, -0.2) is 4.98 Å². The Bertz CT molecular complexity index is 656. The average molecular weight is 219 g/mol. The van der Waals surface area contributed by atoms with Gasteiger partial charge in [0.05, 0.1) is 0 Å². The van der Waals surface area contributed by atoms with Crippen LogP contribution in [-0.4, -0.2) is 14.4 Å². The Morgan fingerprint density at radius 1 is 1.47 bits per heavy atom. The van der Waals surface area contributed by atoms with Crippen LogP contribution in [0.4, 0.5) is 0 Å². The van der Waals surface area contributed by atoms with Crippen molar-refractivity contribution in [3.05, 3.63) is 38.6 Å². The maximum absolute atomic E-state index is 11.2. The van der Waals surface area contributed by atoms with Crippen LogP contribution < -0.4 is 5.56 Å². The van der Waals surface area contributed by atoms with E-state index < -0.39 is 0 Å². The summed E-state index contributed by atoms with van der Waals surface area (Å²) in [5, 5.41) is 0. The van der Waals surface area contributed by atoms with Gasteiger partial charge in [0.2, 0.25) is 0 Å². The van der Waals surface area contributed by atoms with Gasteiger partial charge in [0.15, 0.2) is 4.77 Å². The lowest BCUT2D eigenvalue weighted by Gasteiger charge is -2.06. The molecule has 5 heteroatoms. The van der Waals surface area contributed by atoms with Crippen molar-refractivity contribution in [3.63, 3.8) is 0 Å². The van der Waals surface area contributed by atoms with E-state index in [-0.39, 0.29) is 5.56 Å². The third-order valence-corrected chi connectivity index (χ3v) is 3.06. The SMILES string of the molecule is O=c1cc2ncc3c(n2c(=S)[nH]1)CCC3. The van der Waals surface area contributed by atoms with Crippen molar-refractivity contribution in [1.29, 1.82) is 0 Å². The molecular formula is C10H9N3OS. The van der Waals surface area contributed by atoms with Gasteiger partial charge >= 0.3 is 0 Å². The van der Waals surface area contributed by atoms with E-state index in [1.54, 1.807) is 0 Å². The highest BCUT2D eigenvalue weighted by molar-refractivity contribution is 7.71. The minimum Gasteiger partial charge on any atom is -0.299 e. The van der Waals surface area contributed by atoms with Crippen molar-refractivity contribution in [2.24, 2.45) is 0 Å². The Labute approximate surface area is 90.6 Å². The van der Waals surface area contributed by atoms with Gasteiger partial charge in [-0.2, -0.15) is 0 Å². The van der Waals surface area contributed by atoms with E-state index in [1.165, 1.54) is 17.3 Å². The summed E-state index contributed by atoms with van der Waals surface area (Å²) < 4.78 is 2.32. The zero-order valence-corrected chi connectivity index (χ0v) is 8.80. The van der Waals surface area contributed by atoms with Crippen LogP contribution in [0.1, 0.15) is 17.7 Å². The second-order valence-electron chi connectivity index (χ2n) is 3.72. The van der Waals surface area contributed by atoms with Crippen molar-refractivity contribution in [3.8, 4) is 0 Å². The molecule has 0 bridgehead atoms. The first-order valence-corrected chi connectivity index (χ1v) is 5.29. The van der Waals surface area contributed by atoms with Crippen LogP contribution in [0.5, 0.6) is 0 Å². The largest absolute Gasteiger partial charge is 0.299 e. The van der Waals surface area contributed by atoms with Gasteiger partial charge in [0.1, 0.15) is 5.65 Å². The molecular weight excluding hydrogens is 210 g/mol. The molecule has 0 unspecified atom stereocenters. The molecule has 3 rings (SSSR count). The third-order valence-electron chi connectivity index (χ3n) is 2.78. The van der Waals surface area contributed by atoms with Gasteiger partial charge in [0, 0.05) is 18.0 Å². The fraction of sp³-hybridized carbons (Fsp3) is 0.300. The van der Waals surface area contributed by atoms with Gasteiger partial charge in [0.25, 0.3) is 5.56 Å². The van der Waals surface area contributed by atoms with E-state index in [1.807, 2.05) is 10.6 Å². The number of H-pyrrole nitrogens is 1. The number of nitrogens with one attached hydrogen (secondary N) is 1. The molecule has 0 spiro atoms. The molecule has 0 fully saturated rings. The lowest BCUT2D eigenvalue weighted by atomic mass is 10.3. The monoisotopic (exact) mass is 219 g/mol. The smallest absolute Gasteiger partial charge is 0.253 e. The van der Waals surface area contributed by atoms with Crippen LogP contribution in [0.15, 0.2) is 17.1 Å². The lowest BCUT2D eigenvalue weighted by molar-refractivity contribution is 0.868. The van der Waals surface area contributed by atoms with E-state index in [9.17, 15) is 4.79 Å². The molecule has 0 aliphatic heterocycles. The first-order chi connectivity index (χ1) is 7.25. The molecule has 0 amide bonds. The average Bonchev–Trinajstić information content (AvgIpc) is 2.63. The van der Waals surface area contributed by atoms with Crippen LogP contribution >= 0.6 is 12.2 Å². The standard InChI is InChI=1S/C10H9N3OS/c14-9-4-8-11-5-6-2-1-3-7(6)13(8)10(15)12-9/h4-5H,1-3H2,(H,12,14,15). The molecule has 2 aromatic rings. The van der Waals surface area contributed by atoms with Crippen LogP contribution in [0.2, 0.25) is 0 Å². The molecule has 76 valence electrons. The lowest BCUT2D eigenvalue weighted by Crippen LogP contribution is -2.12. The van der Waals surface area contributed by atoms with Gasteiger partial charge in [-0.3, -0.25) is 14.2 Å². The zero-order chi connectivity index (χ0) is 10.4. The predicted molar refractivity (Wildman–Crippen MR) is 58.7 cm³/mol. The number of aryl methyl sites for hydroxylation is 2. The summed E-state index contributed by atoms with van der Waals surface area (Å²) >= 11 is 5.15. The summed E-state index contributed by atoms with van der Waals surface area (Å²) in [6, 6.07) is 1.48. The third kappa shape index (κ3) is 1.23. The second-order valence-corrected chi connectivity index (χ2v) is 4.10. The summed E-state index contributed by atoms with van der Waals surface area (Å²) in [4.78, 5) is 18.1. The summed E-state index contributed by atoms with van der Waals surface area (Å²) in [5.74, 6) is 0. The number of rotatable bonds is 0. The molecule has 0 atom stereocenters. The molecule has 2 aromatic heterocycles. The molecule has 0 saturated heterocycles. The first-order valence-electron chi connectivity index (χ1n) is 4.88. The highest BCUT2D eigenvalue weighted by Gasteiger charge is 2.14. The number of fused-ring (bicyclic) bond motifs is 3. The molecule has 1 aliphatic rings. The molecule has 2 heterocycles. The van der Waals surface area contributed by atoms with Gasteiger partial charge in [-0.05, 0) is 37.0 Å². The van der Waals surface area contributed by atoms with E-state index in [2.05, 4.69) is 9.97 Å². The van der Waals surface area contributed by atoms with Crippen molar-refractivity contribution in [2.75, 3.05) is 0 Å². The molecule has 0 radical (unpaired) electrons. The van der Waals surface area contributed by atoms with Crippen LogP contribution in [0.25, 0.3) is 5.65 Å². The van der Waals surface area contributed by atoms with Crippen molar-refractivity contribution in [1.82, 2.24) is 14.4 Å². The number of hydrogen-bond acceptors (Lipinski definition) is 3. The molecule has 1 aliphatic carbocycles. The first kappa shape index (κ1) is 8.79. The molecule has 4 nitrogen and oxygen atoms in total. The zero-order valence-electron chi connectivity index (χ0n) is 7.99. The molecule has 0 saturated carbocycles. The minimum absolute atomic E-state index is 0.189. The molecule has 0 aromatic carbocycles. The van der Waals surface area contributed by atoms with Crippen molar-refractivity contribution in [2.45, 2.75) is 19.3 Å².